The van der Waals surface area contributed by atoms with Gasteiger partial charge in [0, 0.05) is 38.3 Å². The van der Waals surface area contributed by atoms with E-state index in [1.165, 1.54) is 25.7 Å². The Hall–Kier alpha value is -2.02. The van der Waals surface area contributed by atoms with Crippen molar-refractivity contribution in [3.63, 3.8) is 0 Å². The molecule has 24 heavy (non-hydrogen) atoms. The van der Waals surface area contributed by atoms with Gasteiger partial charge in [0.25, 0.3) is 0 Å². The zero-order chi connectivity index (χ0) is 16.4. The summed E-state index contributed by atoms with van der Waals surface area (Å²) in [6.07, 6.45) is 10.3. The van der Waals surface area contributed by atoms with Gasteiger partial charge in [-0.2, -0.15) is 15.0 Å². The summed E-state index contributed by atoms with van der Waals surface area (Å²) in [5, 5.41) is 8.37. The highest BCUT2D eigenvalue weighted by atomic mass is 15.5. The number of likely N-dealkylation sites (tertiary alicyclic amines) is 1. The summed E-state index contributed by atoms with van der Waals surface area (Å²) in [4.78, 5) is 15.8. The Balaban J connectivity index is 1.37. The van der Waals surface area contributed by atoms with Gasteiger partial charge >= 0.3 is 0 Å². The maximum absolute atomic E-state index is 4.79. The molecule has 1 aliphatic heterocycles. The molecule has 128 valence electrons. The molecule has 0 N–H and O–H groups in total. The highest BCUT2D eigenvalue weighted by molar-refractivity contribution is 5.38. The zero-order valence-corrected chi connectivity index (χ0v) is 14.3. The van der Waals surface area contributed by atoms with E-state index in [0.717, 1.165) is 37.8 Å². The quantitative estimate of drug-likeness (QED) is 0.802. The number of hydrogen-bond acceptors (Lipinski definition) is 6. The predicted octanol–water partition coefficient (Wildman–Crippen LogP) is 1.55. The minimum Gasteiger partial charge on any atom is -0.355 e. The van der Waals surface area contributed by atoms with E-state index in [9.17, 15) is 0 Å². The molecule has 7 heteroatoms. The maximum Gasteiger partial charge on any atom is 0.133 e. The fourth-order valence-corrected chi connectivity index (χ4v) is 3.43. The Kier molecular flexibility index (Phi) is 4.42. The van der Waals surface area contributed by atoms with Gasteiger partial charge in [-0.05, 0) is 38.3 Å². The summed E-state index contributed by atoms with van der Waals surface area (Å²) in [5.74, 6) is 2.69. The lowest BCUT2D eigenvalue weighted by Gasteiger charge is -2.38. The number of piperidine rings is 1. The number of likely N-dealkylation sites (N-methyl/N-ethyl adjacent to an activating group) is 1. The lowest BCUT2D eigenvalue weighted by atomic mass is 10.0. The molecule has 3 heterocycles. The summed E-state index contributed by atoms with van der Waals surface area (Å²) in [5.41, 5.74) is 0. The van der Waals surface area contributed by atoms with Crippen LogP contribution in [0.3, 0.4) is 0 Å². The van der Waals surface area contributed by atoms with Crippen molar-refractivity contribution >= 4 is 5.82 Å². The molecule has 2 fully saturated rings. The van der Waals surface area contributed by atoms with Gasteiger partial charge in [-0.25, -0.2) is 9.97 Å². The summed E-state index contributed by atoms with van der Waals surface area (Å²) < 4.78 is 0. The van der Waals surface area contributed by atoms with Crippen LogP contribution in [0.5, 0.6) is 0 Å². The minimum atomic E-state index is 0.506. The van der Waals surface area contributed by atoms with Gasteiger partial charge in [-0.15, -0.1) is 0 Å². The van der Waals surface area contributed by atoms with Crippen LogP contribution in [-0.2, 0) is 6.54 Å². The third kappa shape index (κ3) is 3.56. The van der Waals surface area contributed by atoms with E-state index in [-0.39, 0.29) is 0 Å². The Bertz CT molecular complexity index is 653. The van der Waals surface area contributed by atoms with Crippen LogP contribution in [0.1, 0.15) is 37.4 Å². The molecule has 0 radical (unpaired) electrons. The smallest absolute Gasteiger partial charge is 0.133 e. The van der Waals surface area contributed by atoms with E-state index in [2.05, 4.69) is 32.0 Å². The molecular weight excluding hydrogens is 302 g/mol. The second-order valence-corrected chi connectivity index (χ2v) is 6.88. The molecule has 0 aromatic carbocycles. The van der Waals surface area contributed by atoms with E-state index in [1.807, 2.05) is 12.3 Å². The second-order valence-electron chi connectivity index (χ2n) is 6.88. The molecular formula is C17H25N7. The maximum atomic E-state index is 4.79. The lowest BCUT2D eigenvalue weighted by Crippen LogP contribution is -2.47. The number of nitrogens with zero attached hydrogens (tertiary/aromatic N) is 7. The van der Waals surface area contributed by atoms with E-state index in [1.54, 1.807) is 17.2 Å². The molecule has 2 aromatic rings. The van der Waals surface area contributed by atoms with Gasteiger partial charge in [0.15, 0.2) is 0 Å². The van der Waals surface area contributed by atoms with E-state index < -0.39 is 0 Å². The van der Waals surface area contributed by atoms with Crippen molar-refractivity contribution in [3.05, 3.63) is 30.5 Å². The first kappa shape index (κ1) is 15.5. The fraction of sp³-hybridized carbons (Fsp3) is 0.647. The zero-order valence-electron chi connectivity index (χ0n) is 14.3. The van der Waals surface area contributed by atoms with Crippen molar-refractivity contribution in [2.24, 2.45) is 0 Å². The third-order valence-corrected chi connectivity index (χ3v) is 5.07. The van der Waals surface area contributed by atoms with E-state index >= 15 is 0 Å². The second kappa shape index (κ2) is 6.84. The Morgan fingerprint density at radius 3 is 2.75 bits per heavy atom. The molecule has 2 aromatic heterocycles. The number of anilines is 1. The van der Waals surface area contributed by atoms with E-state index in [4.69, 9.17) is 4.98 Å². The van der Waals surface area contributed by atoms with Gasteiger partial charge in [0.2, 0.25) is 0 Å². The average Bonchev–Trinajstić information content (AvgIpc) is 3.36. The Morgan fingerprint density at radius 2 is 1.96 bits per heavy atom. The molecule has 1 atom stereocenters. The van der Waals surface area contributed by atoms with Crippen molar-refractivity contribution in [1.82, 2.24) is 29.9 Å². The van der Waals surface area contributed by atoms with Crippen molar-refractivity contribution < 1.29 is 0 Å². The normalized spacial score (nSPS) is 21.8. The monoisotopic (exact) mass is 327 g/mol. The van der Waals surface area contributed by atoms with Crippen molar-refractivity contribution in [2.75, 3.05) is 31.6 Å². The first-order chi connectivity index (χ1) is 11.8. The highest BCUT2D eigenvalue weighted by Crippen LogP contribution is 2.38. The largest absolute Gasteiger partial charge is 0.355 e. The molecule has 1 aliphatic carbocycles. The van der Waals surface area contributed by atoms with Gasteiger partial charge < -0.3 is 4.90 Å². The molecule has 0 amide bonds. The van der Waals surface area contributed by atoms with Gasteiger partial charge in [0.1, 0.15) is 11.6 Å². The van der Waals surface area contributed by atoms with Crippen LogP contribution in [0, 0.1) is 0 Å². The van der Waals surface area contributed by atoms with Crippen LogP contribution < -0.4 is 4.90 Å². The molecule has 2 aliphatic rings. The molecule has 0 bridgehead atoms. The molecule has 1 unspecified atom stereocenters. The topological polar surface area (TPSA) is 63.0 Å². The lowest BCUT2D eigenvalue weighted by molar-refractivity contribution is 0.193. The molecule has 1 saturated heterocycles. The summed E-state index contributed by atoms with van der Waals surface area (Å²) in [6.45, 7) is 4.07. The molecule has 7 nitrogen and oxygen atoms in total. The summed E-state index contributed by atoms with van der Waals surface area (Å²) >= 11 is 0. The van der Waals surface area contributed by atoms with Crippen LogP contribution in [0.2, 0.25) is 0 Å². The van der Waals surface area contributed by atoms with Crippen LogP contribution in [0.25, 0.3) is 0 Å². The molecule has 0 spiro atoms. The van der Waals surface area contributed by atoms with Gasteiger partial charge in [0.05, 0.1) is 18.9 Å². The van der Waals surface area contributed by atoms with Crippen LogP contribution in [0.4, 0.5) is 5.82 Å². The number of aromatic nitrogens is 5. The van der Waals surface area contributed by atoms with Crippen LogP contribution in [-0.4, -0.2) is 62.6 Å². The van der Waals surface area contributed by atoms with Crippen molar-refractivity contribution in [3.8, 4) is 0 Å². The van der Waals surface area contributed by atoms with Crippen LogP contribution in [0.15, 0.2) is 24.7 Å². The number of hydrogen-bond donors (Lipinski definition) is 0. The average molecular weight is 327 g/mol. The molecule has 4 rings (SSSR count). The van der Waals surface area contributed by atoms with Crippen molar-refractivity contribution in [1.29, 1.82) is 0 Å². The van der Waals surface area contributed by atoms with Gasteiger partial charge in [-0.1, -0.05) is 0 Å². The Morgan fingerprint density at radius 1 is 1.12 bits per heavy atom. The Labute approximate surface area is 142 Å². The standard InChI is InChI=1S/C17H25N7/c1-22(16-6-7-18-17(21-16)14-4-5-14)15-3-2-10-23(13-15)11-12-24-19-8-9-20-24/h6-9,14-15H,2-5,10-13H2,1H3. The molecule has 1 saturated carbocycles. The minimum absolute atomic E-state index is 0.506. The van der Waals surface area contributed by atoms with Gasteiger partial charge in [-0.3, -0.25) is 4.90 Å². The SMILES string of the molecule is CN(c1ccnc(C2CC2)n1)C1CCCN(CCn2nccn2)C1. The third-order valence-electron chi connectivity index (χ3n) is 5.07. The fourth-order valence-electron chi connectivity index (χ4n) is 3.43. The summed E-state index contributed by atoms with van der Waals surface area (Å²) in [7, 11) is 2.17. The van der Waals surface area contributed by atoms with Crippen LogP contribution >= 0.6 is 0 Å². The van der Waals surface area contributed by atoms with E-state index in [0.29, 0.717) is 12.0 Å². The first-order valence-corrected chi connectivity index (χ1v) is 8.92. The summed E-state index contributed by atoms with van der Waals surface area (Å²) in [6, 6.07) is 2.55. The van der Waals surface area contributed by atoms with Crippen molar-refractivity contribution in [2.45, 2.75) is 44.2 Å². The number of rotatable bonds is 6. The predicted molar refractivity (Wildman–Crippen MR) is 91.9 cm³/mol. The highest BCUT2D eigenvalue weighted by Gasteiger charge is 2.28. The first-order valence-electron chi connectivity index (χ1n) is 8.92.